The maximum atomic E-state index is 12.2. The number of thiophene rings is 1. The molecule has 0 saturated carbocycles. The van der Waals surface area contributed by atoms with Gasteiger partial charge < -0.3 is 9.73 Å². The van der Waals surface area contributed by atoms with Crippen LogP contribution in [0.1, 0.15) is 16.3 Å². The Kier molecular flexibility index (Phi) is 4.91. The Balaban J connectivity index is 1.34. The van der Waals surface area contributed by atoms with Gasteiger partial charge in [0, 0.05) is 23.2 Å². The molecule has 1 amide bonds. The van der Waals surface area contributed by atoms with Crippen molar-refractivity contribution in [3.05, 3.63) is 62.2 Å². The summed E-state index contributed by atoms with van der Waals surface area (Å²) in [5.41, 5.74) is 2.22. The summed E-state index contributed by atoms with van der Waals surface area (Å²) < 4.78 is 6.67. The van der Waals surface area contributed by atoms with Gasteiger partial charge in [-0.2, -0.15) is 0 Å². The van der Waals surface area contributed by atoms with E-state index < -0.39 is 5.76 Å². The van der Waals surface area contributed by atoms with E-state index in [4.69, 9.17) is 4.42 Å². The lowest BCUT2D eigenvalue weighted by atomic mass is 10.3. The molecule has 0 saturated heterocycles. The summed E-state index contributed by atoms with van der Waals surface area (Å²) in [6.07, 6.45) is 0.215. The number of hydrogen-bond donors (Lipinski definition) is 1. The number of para-hydroxylation sites is 2. The normalized spacial score (nSPS) is 11.1. The molecule has 0 aliphatic rings. The minimum Gasteiger partial charge on any atom is -0.408 e. The van der Waals surface area contributed by atoms with Crippen molar-refractivity contribution in [2.24, 2.45) is 0 Å². The Morgan fingerprint density at radius 2 is 2.11 bits per heavy atom. The summed E-state index contributed by atoms with van der Waals surface area (Å²) in [7, 11) is 0. The molecular formula is C19H17N3O3S2. The van der Waals surface area contributed by atoms with Crippen molar-refractivity contribution >= 4 is 39.7 Å². The lowest BCUT2D eigenvalue weighted by Gasteiger charge is -2.04. The highest BCUT2D eigenvalue weighted by Gasteiger charge is 2.11. The van der Waals surface area contributed by atoms with E-state index in [2.05, 4.69) is 10.3 Å². The fourth-order valence-electron chi connectivity index (χ4n) is 2.80. The first-order chi connectivity index (χ1) is 13.1. The van der Waals surface area contributed by atoms with Crippen LogP contribution in [0.15, 0.2) is 51.0 Å². The van der Waals surface area contributed by atoms with Crippen molar-refractivity contribution in [2.45, 2.75) is 26.4 Å². The van der Waals surface area contributed by atoms with Crippen molar-refractivity contribution in [1.82, 2.24) is 14.9 Å². The minimum absolute atomic E-state index is 0.105. The molecule has 0 fully saturated rings. The molecule has 8 heteroatoms. The number of thiazole rings is 1. The van der Waals surface area contributed by atoms with E-state index in [1.165, 1.54) is 4.57 Å². The summed E-state index contributed by atoms with van der Waals surface area (Å²) >= 11 is 3.24. The van der Waals surface area contributed by atoms with Gasteiger partial charge in [-0.05, 0) is 31.2 Å². The van der Waals surface area contributed by atoms with E-state index in [1.807, 2.05) is 42.6 Å². The van der Waals surface area contributed by atoms with Crippen LogP contribution in [0.2, 0.25) is 0 Å². The molecule has 27 heavy (non-hydrogen) atoms. The summed E-state index contributed by atoms with van der Waals surface area (Å²) in [6.45, 7) is 2.74. The van der Waals surface area contributed by atoms with Gasteiger partial charge >= 0.3 is 5.76 Å². The van der Waals surface area contributed by atoms with E-state index in [9.17, 15) is 9.59 Å². The summed E-state index contributed by atoms with van der Waals surface area (Å²) in [5, 5.41) is 5.98. The number of benzene rings is 1. The van der Waals surface area contributed by atoms with Crippen LogP contribution in [-0.2, 0) is 17.9 Å². The molecule has 0 aliphatic heterocycles. The quantitative estimate of drug-likeness (QED) is 0.535. The number of nitrogens with one attached hydrogen (secondary N) is 1. The largest absolute Gasteiger partial charge is 0.419 e. The monoisotopic (exact) mass is 399 g/mol. The molecule has 1 N–H and O–H groups in total. The lowest BCUT2D eigenvalue weighted by Crippen LogP contribution is -2.25. The minimum atomic E-state index is -0.439. The third-order valence-corrected chi connectivity index (χ3v) is 6.01. The number of oxazole rings is 1. The average molecular weight is 399 g/mol. The molecule has 3 aromatic heterocycles. The van der Waals surface area contributed by atoms with Gasteiger partial charge in [-0.3, -0.25) is 9.36 Å². The third-order valence-electron chi connectivity index (χ3n) is 4.13. The molecule has 0 spiro atoms. The molecule has 138 valence electrons. The van der Waals surface area contributed by atoms with Crippen LogP contribution in [-0.4, -0.2) is 15.5 Å². The molecule has 6 nitrogen and oxygen atoms in total. The van der Waals surface area contributed by atoms with Crippen LogP contribution in [0.3, 0.4) is 0 Å². The Labute approximate surface area is 163 Å². The number of nitrogens with zero attached hydrogens (tertiary/aromatic N) is 2. The first kappa shape index (κ1) is 17.7. The molecule has 0 bridgehead atoms. The molecule has 0 atom stereocenters. The second-order valence-electron chi connectivity index (χ2n) is 6.03. The summed E-state index contributed by atoms with van der Waals surface area (Å²) in [4.78, 5) is 30.7. The first-order valence-corrected chi connectivity index (χ1v) is 10.2. The van der Waals surface area contributed by atoms with Gasteiger partial charge in [0.05, 0.1) is 27.6 Å². The van der Waals surface area contributed by atoms with E-state index in [0.29, 0.717) is 17.6 Å². The molecule has 4 aromatic rings. The molecule has 3 heterocycles. The second kappa shape index (κ2) is 7.50. The van der Waals surface area contributed by atoms with Gasteiger partial charge in [-0.1, -0.05) is 12.1 Å². The van der Waals surface area contributed by atoms with Crippen LogP contribution in [0.5, 0.6) is 0 Å². The van der Waals surface area contributed by atoms with Gasteiger partial charge in [0.1, 0.15) is 0 Å². The van der Waals surface area contributed by atoms with Crippen molar-refractivity contribution < 1.29 is 9.21 Å². The number of carbonyl (C=O) groups excluding carboxylic acids is 1. The van der Waals surface area contributed by atoms with Gasteiger partial charge in [0.15, 0.2) is 5.58 Å². The van der Waals surface area contributed by atoms with E-state index >= 15 is 0 Å². The number of aromatic nitrogens is 2. The highest BCUT2D eigenvalue weighted by atomic mass is 32.1. The average Bonchev–Trinajstić information content (AvgIpc) is 3.36. The number of amides is 1. The Hall–Kier alpha value is -2.71. The zero-order valence-corrected chi connectivity index (χ0v) is 16.2. The van der Waals surface area contributed by atoms with Crippen LogP contribution >= 0.6 is 22.7 Å². The van der Waals surface area contributed by atoms with Crippen LogP contribution < -0.4 is 11.1 Å². The van der Waals surface area contributed by atoms with Gasteiger partial charge in [-0.25, -0.2) is 9.78 Å². The van der Waals surface area contributed by atoms with Gasteiger partial charge in [-0.15, -0.1) is 22.7 Å². The maximum Gasteiger partial charge on any atom is 0.419 e. The van der Waals surface area contributed by atoms with E-state index in [-0.39, 0.29) is 18.9 Å². The number of aryl methyl sites for hydroxylation is 2. The predicted octanol–water partition coefficient (Wildman–Crippen LogP) is 3.79. The lowest BCUT2D eigenvalue weighted by molar-refractivity contribution is -0.121. The fourth-order valence-corrected chi connectivity index (χ4v) is 4.40. The SMILES string of the molecule is Cc1nc(-c2ccc(CNC(=O)CCn3c(=O)oc4ccccc43)s2)cs1. The maximum absolute atomic E-state index is 12.2. The van der Waals surface area contributed by atoms with E-state index in [1.54, 1.807) is 28.7 Å². The van der Waals surface area contributed by atoms with E-state index in [0.717, 1.165) is 20.5 Å². The number of carbonyl (C=O) groups is 1. The van der Waals surface area contributed by atoms with Crippen LogP contribution in [0, 0.1) is 6.92 Å². The van der Waals surface area contributed by atoms with Crippen molar-refractivity contribution in [2.75, 3.05) is 0 Å². The Morgan fingerprint density at radius 1 is 1.26 bits per heavy atom. The summed E-state index contributed by atoms with van der Waals surface area (Å²) in [5.74, 6) is -0.544. The highest BCUT2D eigenvalue weighted by Crippen LogP contribution is 2.28. The van der Waals surface area contributed by atoms with Crippen LogP contribution in [0.25, 0.3) is 21.7 Å². The molecule has 1 aromatic carbocycles. The summed E-state index contributed by atoms with van der Waals surface area (Å²) in [6, 6.07) is 11.2. The first-order valence-electron chi connectivity index (χ1n) is 8.46. The van der Waals surface area contributed by atoms with Crippen LogP contribution in [0.4, 0.5) is 0 Å². The van der Waals surface area contributed by atoms with Crippen molar-refractivity contribution in [3.8, 4) is 10.6 Å². The standard InChI is InChI=1S/C19H17N3O3S2/c1-12-21-14(11-26-12)17-7-6-13(27-17)10-20-18(23)8-9-22-15-4-2-3-5-16(15)25-19(22)24/h2-7,11H,8-10H2,1H3,(H,20,23). The zero-order valence-electron chi connectivity index (χ0n) is 14.6. The van der Waals surface area contributed by atoms with Gasteiger partial charge in [0.25, 0.3) is 0 Å². The number of fused-ring (bicyclic) bond motifs is 1. The number of hydrogen-bond acceptors (Lipinski definition) is 6. The zero-order chi connectivity index (χ0) is 18.8. The Morgan fingerprint density at radius 3 is 2.93 bits per heavy atom. The molecule has 4 rings (SSSR count). The highest BCUT2D eigenvalue weighted by molar-refractivity contribution is 7.16. The molecular weight excluding hydrogens is 382 g/mol. The topological polar surface area (TPSA) is 77.1 Å². The molecule has 0 aliphatic carbocycles. The molecule has 0 radical (unpaired) electrons. The fraction of sp³-hybridized carbons (Fsp3) is 0.211. The smallest absolute Gasteiger partial charge is 0.408 e. The third kappa shape index (κ3) is 3.86. The number of rotatable bonds is 6. The second-order valence-corrected chi connectivity index (χ2v) is 8.26. The van der Waals surface area contributed by atoms with Gasteiger partial charge in [0.2, 0.25) is 5.91 Å². The van der Waals surface area contributed by atoms with Crippen molar-refractivity contribution in [3.63, 3.8) is 0 Å². The van der Waals surface area contributed by atoms with Crippen molar-refractivity contribution in [1.29, 1.82) is 0 Å². The Bertz CT molecular complexity index is 1150. The predicted molar refractivity (Wildman–Crippen MR) is 107 cm³/mol. The molecule has 0 unspecified atom stereocenters.